The second-order valence-electron chi connectivity index (χ2n) is 7.36. The van der Waals surface area contributed by atoms with Crippen molar-refractivity contribution in [2.24, 2.45) is 0 Å². The summed E-state index contributed by atoms with van der Waals surface area (Å²) in [4.78, 5) is 53.0. The second-order valence-corrected chi connectivity index (χ2v) is 7.36. The van der Waals surface area contributed by atoms with E-state index < -0.39 is 40.7 Å². The molecule has 11 heteroatoms. The lowest BCUT2D eigenvalue weighted by Crippen LogP contribution is -2.29. The minimum absolute atomic E-state index is 0.0759. The van der Waals surface area contributed by atoms with Gasteiger partial charge in [-0.25, -0.2) is 0 Å². The first-order valence-corrected chi connectivity index (χ1v) is 9.83. The standard InChI is InChI=1S/C23H16F3N3O5/c1-34-18-7-6-12(11-29-21(32)14-4-2-3-5-15(14)22(29)33)8-16(18)19(30)28-17-9-13(23(24,25)26)10-27-20(17)31/h2-10H,11H2,1H3,(H,27,31)(H,28,30). The summed E-state index contributed by atoms with van der Waals surface area (Å²) in [6.07, 6.45) is -4.23. The molecule has 0 saturated carbocycles. The fraction of sp³-hybridized carbons (Fsp3) is 0.130. The van der Waals surface area contributed by atoms with Crippen molar-refractivity contribution in [3.05, 3.63) is 92.9 Å². The number of carbonyl (C=O) groups is 3. The van der Waals surface area contributed by atoms with Crippen molar-refractivity contribution in [3.63, 3.8) is 0 Å². The van der Waals surface area contributed by atoms with Crippen molar-refractivity contribution in [1.29, 1.82) is 0 Å². The summed E-state index contributed by atoms with van der Waals surface area (Å²) in [5.74, 6) is -1.81. The molecule has 2 N–H and O–H groups in total. The molecule has 0 saturated heterocycles. The van der Waals surface area contributed by atoms with Crippen LogP contribution in [-0.4, -0.2) is 34.7 Å². The van der Waals surface area contributed by atoms with Crippen LogP contribution in [0.15, 0.2) is 59.5 Å². The van der Waals surface area contributed by atoms with Gasteiger partial charge in [0.1, 0.15) is 11.4 Å². The average molecular weight is 471 g/mol. The van der Waals surface area contributed by atoms with E-state index in [1.807, 2.05) is 4.98 Å². The summed E-state index contributed by atoms with van der Waals surface area (Å²) in [7, 11) is 1.28. The Hall–Kier alpha value is -4.41. The van der Waals surface area contributed by atoms with Crippen molar-refractivity contribution >= 4 is 23.4 Å². The van der Waals surface area contributed by atoms with Crippen LogP contribution in [0, 0.1) is 0 Å². The minimum Gasteiger partial charge on any atom is -0.496 e. The highest BCUT2D eigenvalue weighted by Crippen LogP contribution is 2.30. The van der Waals surface area contributed by atoms with Crippen molar-refractivity contribution in [3.8, 4) is 5.75 Å². The molecule has 3 amide bonds. The van der Waals surface area contributed by atoms with Crippen LogP contribution >= 0.6 is 0 Å². The predicted octanol–water partition coefficient (Wildman–Crippen LogP) is 3.45. The van der Waals surface area contributed by atoms with Crippen molar-refractivity contribution < 1.29 is 32.3 Å². The zero-order valence-electron chi connectivity index (χ0n) is 17.5. The summed E-state index contributed by atoms with van der Waals surface area (Å²) in [6, 6.07) is 11.2. The number of hydrogen-bond acceptors (Lipinski definition) is 5. The molecule has 0 bridgehead atoms. The highest BCUT2D eigenvalue weighted by Gasteiger charge is 2.35. The highest BCUT2D eigenvalue weighted by atomic mass is 19.4. The van der Waals surface area contributed by atoms with Gasteiger partial charge >= 0.3 is 6.18 Å². The number of nitrogens with one attached hydrogen (secondary N) is 2. The van der Waals surface area contributed by atoms with E-state index in [-0.39, 0.29) is 29.0 Å². The molecule has 0 atom stereocenters. The van der Waals surface area contributed by atoms with Gasteiger partial charge in [0.05, 0.1) is 35.9 Å². The van der Waals surface area contributed by atoms with Crippen LogP contribution < -0.4 is 15.6 Å². The molecule has 34 heavy (non-hydrogen) atoms. The number of nitrogens with zero attached hydrogens (tertiary/aromatic N) is 1. The number of hydrogen-bond donors (Lipinski definition) is 2. The summed E-state index contributed by atoms with van der Waals surface area (Å²) >= 11 is 0. The third-order valence-corrected chi connectivity index (χ3v) is 5.21. The van der Waals surface area contributed by atoms with E-state index >= 15 is 0 Å². The Morgan fingerprint density at radius 3 is 2.26 bits per heavy atom. The predicted molar refractivity (Wildman–Crippen MR) is 114 cm³/mol. The van der Waals surface area contributed by atoms with Crippen LogP contribution in [0.5, 0.6) is 5.75 Å². The highest BCUT2D eigenvalue weighted by molar-refractivity contribution is 6.21. The maximum atomic E-state index is 13.0. The number of benzene rings is 2. The lowest BCUT2D eigenvalue weighted by atomic mass is 10.1. The zero-order chi connectivity index (χ0) is 24.6. The van der Waals surface area contributed by atoms with E-state index in [0.29, 0.717) is 17.8 Å². The molecule has 174 valence electrons. The number of aromatic nitrogens is 1. The number of amides is 3. The second kappa shape index (κ2) is 8.50. The normalized spacial score (nSPS) is 13.1. The number of carbonyl (C=O) groups excluding carboxylic acids is 3. The molecule has 1 aliphatic heterocycles. The van der Waals surface area contributed by atoms with Crippen molar-refractivity contribution in [2.75, 3.05) is 12.4 Å². The molecule has 1 aromatic heterocycles. The number of anilines is 1. The molecule has 2 heterocycles. The van der Waals surface area contributed by atoms with E-state index in [0.717, 1.165) is 4.90 Å². The van der Waals surface area contributed by atoms with Gasteiger partial charge in [-0.3, -0.25) is 24.1 Å². The Morgan fingerprint density at radius 1 is 1.03 bits per heavy atom. The summed E-state index contributed by atoms with van der Waals surface area (Å²) < 4.78 is 44.1. The van der Waals surface area contributed by atoms with Crippen molar-refractivity contribution in [1.82, 2.24) is 9.88 Å². The Bertz CT molecular complexity index is 1350. The average Bonchev–Trinajstić information content (AvgIpc) is 3.04. The van der Waals surface area contributed by atoms with Gasteiger partial charge in [0.15, 0.2) is 0 Å². The van der Waals surface area contributed by atoms with E-state index in [2.05, 4.69) is 5.32 Å². The SMILES string of the molecule is COc1ccc(CN2C(=O)c3ccccc3C2=O)cc1C(=O)Nc1cc(C(F)(F)F)c[nH]c1=O. The number of aromatic amines is 1. The topological polar surface area (TPSA) is 109 Å². The third-order valence-electron chi connectivity index (χ3n) is 5.21. The summed E-state index contributed by atoms with van der Waals surface area (Å²) in [6.45, 7) is -0.152. The lowest BCUT2D eigenvalue weighted by molar-refractivity contribution is -0.137. The lowest BCUT2D eigenvalue weighted by Gasteiger charge is -2.16. The quantitative estimate of drug-likeness (QED) is 0.554. The van der Waals surface area contributed by atoms with Gasteiger partial charge in [-0.15, -0.1) is 0 Å². The number of ether oxygens (including phenoxy) is 1. The van der Waals surface area contributed by atoms with E-state index in [1.54, 1.807) is 12.1 Å². The first-order valence-electron chi connectivity index (χ1n) is 9.83. The van der Waals surface area contributed by atoms with Gasteiger partial charge in [0, 0.05) is 6.20 Å². The van der Waals surface area contributed by atoms with Crippen molar-refractivity contribution in [2.45, 2.75) is 12.7 Å². The van der Waals surface area contributed by atoms with Gasteiger partial charge in [0.2, 0.25) is 0 Å². The molecular formula is C23H16F3N3O5. The van der Waals surface area contributed by atoms with Gasteiger partial charge in [-0.05, 0) is 35.9 Å². The molecule has 2 aromatic carbocycles. The maximum Gasteiger partial charge on any atom is 0.417 e. The van der Waals surface area contributed by atoms with Crippen LogP contribution in [0.25, 0.3) is 0 Å². The largest absolute Gasteiger partial charge is 0.496 e. The number of imide groups is 1. The number of rotatable bonds is 5. The maximum absolute atomic E-state index is 13.0. The molecule has 0 spiro atoms. The van der Waals surface area contributed by atoms with E-state index in [1.165, 1.54) is 37.4 Å². The Kier molecular flexibility index (Phi) is 5.70. The summed E-state index contributed by atoms with van der Waals surface area (Å²) in [5.41, 5.74) is -1.86. The Balaban J connectivity index is 1.62. The van der Waals surface area contributed by atoms with Crippen LogP contribution in [0.3, 0.4) is 0 Å². The van der Waals surface area contributed by atoms with Gasteiger partial charge in [0.25, 0.3) is 23.3 Å². The number of pyridine rings is 1. The number of alkyl halides is 3. The molecule has 1 aliphatic rings. The molecule has 0 aliphatic carbocycles. The fourth-order valence-corrected chi connectivity index (χ4v) is 3.53. The monoisotopic (exact) mass is 471 g/mol. The van der Waals surface area contributed by atoms with Gasteiger partial charge < -0.3 is 15.0 Å². The summed E-state index contributed by atoms with van der Waals surface area (Å²) in [5, 5.41) is 2.16. The minimum atomic E-state index is -4.73. The smallest absolute Gasteiger partial charge is 0.417 e. The fourth-order valence-electron chi connectivity index (χ4n) is 3.53. The van der Waals surface area contributed by atoms with E-state index in [9.17, 15) is 32.3 Å². The Labute approximate surface area is 190 Å². The molecule has 0 radical (unpaired) electrons. The molecule has 0 fully saturated rings. The molecule has 0 unspecified atom stereocenters. The molecule has 3 aromatic rings. The molecular weight excluding hydrogens is 455 g/mol. The number of halogens is 3. The van der Waals surface area contributed by atoms with Gasteiger partial charge in [-0.1, -0.05) is 18.2 Å². The first kappa shape index (κ1) is 22.8. The van der Waals surface area contributed by atoms with Gasteiger partial charge in [-0.2, -0.15) is 13.2 Å². The van der Waals surface area contributed by atoms with E-state index in [4.69, 9.17) is 4.74 Å². The van der Waals surface area contributed by atoms with Crippen LogP contribution in [0.4, 0.5) is 18.9 Å². The Morgan fingerprint density at radius 2 is 1.68 bits per heavy atom. The molecule has 4 rings (SSSR count). The number of fused-ring (bicyclic) bond motifs is 1. The van der Waals surface area contributed by atoms with Crippen LogP contribution in [-0.2, 0) is 12.7 Å². The van der Waals surface area contributed by atoms with Crippen LogP contribution in [0.2, 0.25) is 0 Å². The third kappa shape index (κ3) is 4.15. The zero-order valence-corrected chi connectivity index (χ0v) is 17.5. The molecule has 8 nitrogen and oxygen atoms in total. The first-order chi connectivity index (χ1) is 16.1. The number of methoxy groups -OCH3 is 1. The number of H-pyrrole nitrogens is 1. The van der Waals surface area contributed by atoms with Crippen LogP contribution in [0.1, 0.15) is 42.2 Å².